The van der Waals surface area contributed by atoms with E-state index in [9.17, 15) is 17.6 Å². The highest BCUT2D eigenvalue weighted by Gasteiger charge is 2.32. The predicted molar refractivity (Wildman–Crippen MR) is 105 cm³/mol. The van der Waals surface area contributed by atoms with Crippen molar-refractivity contribution < 1.29 is 34.9 Å². The molecule has 0 spiro atoms. The molecule has 0 radical (unpaired) electrons. The Morgan fingerprint density at radius 2 is 1.77 bits per heavy atom. The monoisotopic (exact) mass is 451 g/mol. The zero-order chi connectivity index (χ0) is 20.9. The van der Waals surface area contributed by atoms with Crippen LogP contribution in [-0.4, -0.2) is 41.1 Å². The van der Waals surface area contributed by atoms with E-state index in [1.807, 2.05) is 0 Å². The molecule has 0 aliphatic carbocycles. The van der Waals surface area contributed by atoms with E-state index in [0.29, 0.717) is 42.8 Å². The molecule has 2 aromatic heterocycles. The number of aromatic nitrogens is 3. The fraction of sp³-hybridized carbons (Fsp3) is 0.238. The van der Waals surface area contributed by atoms with Crippen molar-refractivity contribution in [2.45, 2.75) is 6.18 Å². The van der Waals surface area contributed by atoms with E-state index >= 15 is 0 Å². The first kappa shape index (κ1) is 21.3. The van der Waals surface area contributed by atoms with Gasteiger partial charge in [-0.15, -0.1) is 0 Å². The van der Waals surface area contributed by atoms with Gasteiger partial charge in [0.1, 0.15) is 28.9 Å². The Bertz CT molecular complexity index is 1230. The van der Waals surface area contributed by atoms with Gasteiger partial charge < -0.3 is 22.3 Å². The highest BCUT2D eigenvalue weighted by molar-refractivity contribution is 6.08. The molecule has 5 rings (SSSR count). The lowest BCUT2D eigenvalue weighted by Gasteiger charge is -2.32. The summed E-state index contributed by atoms with van der Waals surface area (Å²) in [4.78, 5) is 15.1. The molecule has 0 amide bonds. The third-order valence-electron chi connectivity index (χ3n) is 5.59. The van der Waals surface area contributed by atoms with Crippen LogP contribution in [0.5, 0.6) is 0 Å². The SMILES string of the molecule is Fc1ccc2[nH]c3c(N4CC[NH+](c5cccc(C(F)(F)F)c5)CC4)ncnc3c2c1.[Cl-]. The van der Waals surface area contributed by atoms with Crippen molar-refractivity contribution in [1.29, 1.82) is 0 Å². The van der Waals surface area contributed by atoms with Crippen LogP contribution in [0, 0.1) is 5.82 Å². The number of anilines is 1. The standard InChI is InChI=1S/C21H17F4N5.ClH/c22-14-4-5-17-16(11-14)18-19(28-17)20(27-12-26-18)30-8-6-29(7-9-30)15-3-1-2-13(10-15)21(23,24)25;/h1-5,10-12,28H,6-9H2;1H. The maximum Gasteiger partial charge on any atom is 0.416 e. The third-order valence-corrected chi connectivity index (χ3v) is 5.59. The predicted octanol–water partition coefficient (Wildman–Crippen LogP) is 0.310. The van der Waals surface area contributed by atoms with Crippen LogP contribution in [0.25, 0.3) is 21.9 Å². The molecule has 1 aliphatic heterocycles. The maximum atomic E-state index is 13.7. The van der Waals surface area contributed by atoms with Crippen LogP contribution in [0.1, 0.15) is 5.56 Å². The van der Waals surface area contributed by atoms with Crippen LogP contribution in [-0.2, 0) is 6.18 Å². The van der Waals surface area contributed by atoms with E-state index in [1.54, 1.807) is 12.1 Å². The molecule has 0 bridgehead atoms. The summed E-state index contributed by atoms with van der Waals surface area (Å²) in [6.07, 6.45) is -2.89. The number of hydrogen-bond acceptors (Lipinski definition) is 3. The summed E-state index contributed by atoms with van der Waals surface area (Å²) in [6.45, 7) is 2.53. The largest absolute Gasteiger partial charge is 1.00 e. The van der Waals surface area contributed by atoms with Crippen molar-refractivity contribution in [2.75, 3.05) is 31.1 Å². The highest BCUT2D eigenvalue weighted by Crippen LogP contribution is 2.31. The number of quaternary nitrogens is 1. The first-order valence-corrected chi connectivity index (χ1v) is 9.59. The third kappa shape index (κ3) is 3.90. The van der Waals surface area contributed by atoms with Crippen molar-refractivity contribution in [2.24, 2.45) is 0 Å². The Hall–Kier alpha value is -2.91. The van der Waals surface area contributed by atoms with Gasteiger partial charge >= 0.3 is 6.18 Å². The molecule has 0 atom stereocenters. The summed E-state index contributed by atoms with van der Waals surface area (Å²) in [6, 6.07) is 10.0. The van der Waals surface area contributed by atoms with Crippen LogP contribution in [0.4, 0.5) is 29.1 Å². The number of nitrogens with zero attached hydrogens (tertiary/aromatic N) is 3. The quantitative estimate of drug-likeness (QED) is 0.431. The second-order valence-electron chi connectivity index (χ2n) is 7.40. The van der Waals surface area contributed by atoms with Gasteiger partial charge in [-0.2, -0.15) is 13.2 Å². The summed E-state index contributed by atoms with van der Waals surface area (Å²) in [5.41, 5.74) is 2.18. The number of alkyl halides is 3. The number of rotatable bonds is 2. The smallest absolute Gasteiger partial charge is 0.416 e. The number of nitrogens with one attached hydrogen (secondary N) is 2. The van der Waals surface area contributed by atoms with Crippen molar-refractivity contribution in [3.63, 3.8) is 0 Å². The van der Waals surface area contributed by atoms with Gasteiger partial charge in [-0.25, -0.2) is 14.4 Å². The van der Waals surface area contributed by atoms with Gasteiger partial charge in [-0.05, 0) is 30.3 Å². The number of hydrogen-bond donors (Lipinski definition) is 2. The van der Waals surface area contributed by atoms with Gasteiger partial charge in [-0.3, -0.25) is 4.90 Å². The lowest BCUT2D eigenvalue weighted by molar-refractivity contribution is -0.833. The lowest BCUT2D eigenvalue weighted by Crippen LogP contribution is -3.10. The Morgan fingerprint density at radius 1 is 1.00 bits per heavy atom. The second kappa shape index (κ2) is 7.97. The highest BCUT2D eigenvalue weighted by atomic mass is 35.5. The molecule has 1 fully saturated rings. The molecule has 2 N–H and O–H groups in total. The average Bonchev–Trinajstić information content (AvgIpc) is 3.11. The summed E-state index contributed by atoms with van der Waals surface area (Å²) in [5.74, 6) is 0.390. The van der Waals surface area contributed by atoms with E-state index in [-0.39, 0.29) is 18.2 Å². The van der Waals surface area contributed by atoms with Crippen molar-refractivity contribution in [1.82, 2.24) is 15.0 Å². The number of fused-ring (bicyclic) bond motifs is 3. The molecule has 1 aliphatic rings. The summed E-state index contributed by atoms with van der Waals surface area (Å²) in [5, 5.41) is 0.696. The lowest BCUT2D eigenvalue weighted by atomic mass is 10.1. The average molecular weight is 452 g/mol. The van der Waals surface area contributed by atoms with Crippen molar-refractivity contribution in [3.05, 3.63) is 60.2 Å². The van der Waals surface area contributed by atoms with Gasteiger partial charge in [0, 0.05) is 17.0 Å². The molecule has 2 aromatic carbocycles. The minimum absolute atomic E-state index is 0. The molecular weight excluding hydrogens is 434 g/mol. The second-order valence-corrected chi connectivity index (χ2v) is 7.40. The van der Waals surface area contributed by atoms with E-state index in [4.69, 9.17) is 0 Å². The van der Waals surface area contributed by atoms with Gasteiger partial charge in [0.25, 0.3) is 0 Å². The Balaban J connectivity index is 0.00000231. The van der Waals surface area contributed by atoms with Crippen LogP contribution >= 0.6 is 0 Å². The number of benzene rings is 2. The summed E-state index contributed by atoms with van der Waals surface area (Å²) < 4.78 is 52.7. The molecule has 1 saturated heterocycles. The molecule has 0 unspecified atom stereocenters. The zero-order valence-electron chi connectivity index (χ0n) is 16.2. The number of H-pyrrole nitrogens is 1. The van der Waals surface area contributed by atoms with E-state index in [2.05, 4.69) is 19.9 Å². The molecular formula is C21H18ClF4N5. The molecule has 31 heavy (non-hydrogen) atoms. The van der Waals surface area contributed by atoms with E-state index < -0.39 is 11.7 Å². The van der Waals surface area contributed by atoms with Crippen molar-refractivity contribution in [3.8, 4) is 0 Å². The van der Waals surface area contributed by atoms with E-state index in [0.717, 1.165) is 27.8 Å². The number of halogens is 5. The maximum absolute atomic E-state index is 13.7. The van der Waals surface area contributed by atoms with Crippen molar-refractivity contribution >= 4 is 33.4 Å². The van der Waals surface area contributed by atoms with Crippen LogP contribution in [0.15, 0.2) is 48.8 Å². The minimum atomic E-state index is -4.35. The number of piperazine rings is 1. The Morgan fingerprint density at radius 3 is 2.52 bits per heavy atom. The van der Waals surface area contributed by atoms with Gasteiger partial charge in [0.05, 0.1) is 31.7 Å². The fourth-order valence-corrected chi connectivity index (χ4v) is 4.08. The molecule has 10 heteroatoms. The molecule has 3 heterocycles. The van der Waals surface area contributed by atoms with Crippen LogP contribution in [0.2, 0.25) is 0 Å². The first-order chi connectivity index (χ1) is 14.4. The van der Waals surface area contributed by atoms with Gasteiger partial charge in [0.15, 0.2) is 5.82 Å². The normalized spacial score (nSPS) is 15.4. The van der Waals surface area contributed by atoms with E-state index in [1.165, 1.54) is 30.6 Å². The first-order valence-electron chi connectivity index (χ1n) is 9.59. The van der Waals surface area contributed by atoms with Gasteiger partial charge in [-0.1, -0.05) is 6.07 Å². The van der Waals surface area contributed by atoms with Crippen LogP contribution < -0.4 is 22.2 Å². The molecule has 0 saturated carbocycles. The fourth-order valence-electron chi connectivity index (χ4n) is 4.08. The summed E-state index contributed by atoms with van der Waals surface area (Å²) in [7, 11) is 0. The summed E-state index contributed by atoms with van der Waals surface area (Å²) >= 11 is 0. The Labute approximate surface area is 181 Å². The molecule has 162 valence electrons. The zero-order valence-corrected chi connectivity index (χ0v) is 16.9. The minimum Gasteiger partial charge on any atom is -1.00 e. The topological polar surface area (TPSA) is 49.2 Å². The number of aromatic amines is 1. The van der Waals surface area contributed by atoms with Gasteiger partial charge in [0.2, 0.25) is 0 Å². The Kier molecular flexibility index (Phi) is 5.49. The van der Waals surface area contributed by atoms with Crippen LogP contribution in [0.3, 0.4) is 0 Å². The molecule has 5 nitrogen and oxygen atoms in total. The molecule has 4 aromatic rings.